The SMILES string of the molecule is CC(Cl)c1nc2c(Cl)cccc2n1CC1CCOCC1. The zero-order valence-electron chi connectivity index (χ0n) is 11.5. The first-order valence-electron chi connectivity index (χ1n) is 7.03. The highest BCUT2D eigenvalue weighted by molar-refractivity contribution is 6.35. The van der Waals surface area contributed by atoms with Gasteiger partial charge in [0.15, 0.2) is 0 Å². The van der Waals surface area contributed by atoms with E-state index in [2.05, 4.69) is 15.6 Å². The molecule has 20 heavy (non-hydrogen) atoms. The third-order valence-electron chi connectivity index (χ3n) is 3.90. The molecule has 0 spiro atoms. The Labute approximate surface area is 128 Å². The van der Waals surface area contributed by atoms with Crippen molar-refractivity contribution in [1.82, 2.24) is 9.55 Å². The highest BCUT2D eigenvalue weighted by Gasteiger charge is 2.21. The topological polar surface area (TPSA) is 27.1 Å². The van der Waals surface area contributed by atoms with Crippen LogP contribution in [0.2, 0.25) is 5.02 Å². The van der Waals surface area contributed by atoms with Crippen molar-refractivity contribution in [2.75, 3.05) is 13.2 Å². The molecule has 0 saturated carbocycles. The Hall–Kier alpha value is -0.770. The van der Waals surface area contributed by atoms with E-state index >= 15 is 0 Å². The molecule has 1 unspecified atom stereocenters. The van der Waals surface area contributed by atoms with Crippen LogP contribution in [0.4, 0.5) is 0 Å². The average Bonchev–Trinajstić information content (AvgIpc) is 2.81. The smallest absolute Gasteiger partial charge is 0.127 e. The maximum absolute atomic E-state index is 6.30. The number of halogens is 2. The molecule has 108 valence electrons. The van der Waals surface area contributed by atoms with Gasteiger partial charge in [-0.2, -0.15) is 0 Å². The van der Waals surface area contributed by atoms with Crippen LogP contribution in [-0.4, -0.2) is 22.8 Å². The van der Waals surface area contributed by atoms with Crippen LogP contribution in [0.25, 0.3) is 11.0 Å². The molecular formula is C15H18Cl2N2O. The molecule has 1 fully saturated rings. The third-order valence-corrected chi connectivity index (χ3v) is 4.40. The average molecular weight is 313 g/mol. The van der Waals surface area contributed by atoms with E-state index in [1.165, 1.54) is 0 Å². The summed E-state index contributed by atoms with van der Waals surface area (Å²) in [6.07, 6.45) is 2.19. The number of rotatable bonds is 3. The summed E-state index contributed by atoms with van der Waals surface area (Å²) in [5.41, 5.74) is 1.93. The normalized spacial score (nSPS) is 18.6. The summed E-state index contributed by atoms with van der Waals surface area (Å²) in [7, 11) is 0. The van der Waals surface area contributed by atoms with Crippen molar-refractivity contribution in [3.05, 3.63) is 29.0 Å². The lowest BCUT2D eigenvalue weighted by Gasteiger charge is -2.23. The van der Waals surface area contributed by atoms with E-state index in [9.17, 15) is 0 Å². The van der Waals surface area contributed by atoms with Gasteiger partial charge in [-0.05, 0) is 37.8 Å². The van der Waals surface area contributed by atoms with Crippen molar-refractivity contribution in [3.8, 4) is 0 Å². The number of alkyl halides is 1. The molecule has 3 nitrogen and oxygen atoms in total. The Balaban J connectivity index is 2.02. The van der Waals surface area contributed by atoms with Crippen molar-refractivity contribution in [2.45, 2.75) is 31.7 Å². The molecule has 1 aliphatic heterocycles. The van der Waals surface area contributed by atoms with Gasteiger partial charge in [0.25, 0.3) is 0 Å². The molecule has 0 bridgehead atoms. The fourth-order valence-electron chi connectivity index (χ4n) is 2.81. The van der Waals surface area contributed by atoms with Gasteiger partial charge in [0.2, 0.25) is 0 Å². The predicted octanol–water partition coefficient (Wildman–Crippen LogP) is 4.42. The number of fused-ring (bicyclic) bond motifs is 1. The van der Waals surface area contributed by atoms with Crippen LogP contribution < -0.4 is 0 Å². The van der Waals surface area contributed by atoms with E-state index in [4.69, 9.17) is 27.9 Å². The molecule has 2 aromatic rings. The first-order chi connectivity index (χ1) is 9.66. The quantitative estimate of drug-likeness (QED) is 0.785. The Bertz CT molecular complexity index is 603. The van der Waals surface area contributed by atoms with Crippen molar-refractivity contribution in [1.29, 1.82) is 0 Å². The monoisotopic (exact) mass is 312 g/mol. The number of nitrogens with zero attached hydrogens (tertiary/aromatic N) is 2. The summed E-state index contributed by atoms with van der Waals surface area (Å²) in [5, 5.41) is 0.560. The fraction of sp³-hybridized carbons (Fsp3) is 0.533. The number of benzene rings is 1. The second-order valence-electron chi connectivity index (χ2n) is 5.36. The zero-order chi connectivity index (χ0) is 14.1. The Morgan fingerprint density at radius 3 is 2.85 bits per heavy atom. The van der Waals surface area contributed by atoms with E-state index in [1.807, 2.05) is 19.1 Å². The van der Waals surface area contributed by atoms with Gasteiger partial charge in [-0.1, -0.05) is 17.7 Å². The molecule has 5 heteroatoms. The van der Waals surface area contributed by atoms with Crippen LogP contribution >= 0.6 is 23.2 Å². The molecule has 3 rings (SSSR count). The lowest BCUT2D eigenvalue weighted by Crippen LogP contribution is -2.21. The number of imidazole rings is 1. The molecule has 1 aromatic heterocycles. The predicted molar refractivity (Wildman–Crippen MR) is 82.6 cm³/mol. The van der Waals surface area contributed by atoms with Crippen molar-refractivity contribution >= 4 is 34.2 Å². The zero-order valence-corrected chi connectivity index (χ0v) is 13.0. The Kier molecular flexibility index (Phi) is 4.20. The minimum atomic E-state index is -0.127. The summed E-state index contributed by atoms with van der Waals surface area (Å²) < 4.78 is 7.66. The van der Waals surface area contributed by atoms with Crippen LogP contribution in [0.1, 0.15) is 31.0 Å². The summed E-state index contributed by atoms with van der Waals surface area (Å²) in [4.78, 5) is 4.65. The third kappa shape index (κ3) is 2.67. The number of hydrogen-bond donors (Lipinski definition) is 0. The number of hydrogen-bond acceptors (Lipinski definition) is 2. The molecule has 0 N–H and O–H groups in total. The van der Waals surface area contributed by atoms with Gasteiger partial charge in [0.05, 0.1) is 15.9 Å². The van der Waals surface area contributed by atoms with Crippen molar-refractivity contribution < 1.29 is 4.74 Å². The molecule has 0 amide bonds. The van der Waals surface area contributed by atoms with Gasteiger partial charge >= 0.3 is 0 Å². The second kappa shape index (κ2) is 5.92. The highest BCUT2D eigenvalue weighted by Crippen LogP contribution is 2.30. The lowest BCUT2D eigenvalue weighted by molar-refractivity contribution is 0.0613. The number of ether oxygens (including phenoxy) is 1. The van der Waals surface area contributed by atoms with E-state index < -0.39 is 0 Å². The maximum atomic E-state index is 6.30. The molecule has 2 heterocycles. The van der Waals surface area contributed by atoms with Crippen LogP contribution in [0.5, 0.6) is 0 Å². The van der Waals surface area contributed by atoms with Gasteiger partial charge in [-0.15, -0.1) is 11.6 Å². The summed E-state index contributed by atoms with van der Waals surface area (Å²) in [6.45, 7) is 4.59. The highest BCUT2D eigenvalue weighted by atomic mass is 35.5. The molecule has 1 aromatic carbocycles. The van der Waals surface area contributed by atoms with E-state index in [0.29, 0.717) is 10.9 Å². The van der Waals surface area contributed by atoms with E-state index in [1.54, 1.807) is 0 Å². The fourth-order valence-corrected chi connectivity index (χ4v) is 3.19. The first kappa shape index (κ1) is 14.2. The molecule has 0 radical (unpaired) electrons. The number of para-hydroxylation sites is 1. The van der Waals surface area contributed by atoms with Gasteiger partial charge in [0.1, 0.15) is 11.3 Å². The minimum Gasteiger partial charge on any atom is -0.381 e. The summed E-state index contributed by atoms with van der Waals surface area (Å²) >= 11 is 12.5. The van der Waals surface area contributed by atoms with Gasteiger partial charge in [-0.25, -0.2) is 4.98 Å². The summed E-state index contributed by atoms with van der Waals surface area (Å²) in [5.74, 6) is 1.52. The van der Waals surface area contributed by atoms with Gasteiger partial charge in [0, 0.05) is 19.8 Å². The standard InChI is InChI=1S/C15H18Cl2N2O/c1-10(16)15-18-14-12(17)3-2-4-13(14)19(15)9-11-5-7-20-8-6-11/h2-4,10-11H,5-9H2,1H3. The molecular weight excluding hydrogens is 295 g/mol. The van der Waals surface area contributed by atoms with Crippen LogP contribution in [0, 0.1) is 5.92 Å². The van der Waals surface area contributed by atoms with E-state index in [-0.39, 0.29) is 5.38 Å². The molecule has 1 aliphatic rings. The molecule has 1 atom stereocenters. The lowest BCUT2D eigenvalue weighted by atomic mass is 10.0. The molecule has 1 saturated heterocycles. The first-order valence-corrected chi connectivity index (χ1v) is 7.84. The summed E-state index contributed by atoms with van der Waals surface area (Å²) in [6, 6.07) is 5.91. The number of aromatic nitrogens is 2. The van der Waals surface area contributed by atoms with Gasteiger partial charge in [-0.3, -0.25) is 0 Å². The Morgan fingerprint density at radius 1 is 1.40 bits per heavy atom. The maximum Gasteiger partial charge on any atom is 0.127 e. The van der Waals surface area contributed by atoms with Crippen molar-refractivity contribution in [3.63, 3.8) is 0 Å². The minimum absolute atomic E-state index is 0.127. The Morgan fingerprint density at radius 2 is 2.15 bits per heavy atom. The van der Waals surface area contributed by atoms with Gasteiger partial charge < -0.3 is 9.30 Å². The van der Waals surface area contributed by atoms with Crippen LogP contribution in [0.3, 0.4) is 0 Å². The second-order valence-corrected chi connectivity index (χ2v) is 6.42. The van der Waals surface area contributed by atoms with E-state index in [0.717, 1.165) is 49.5 Å². The molecule has 0 aliphatic carbocycles. The van der Waals surface area contributed by atoms with Crippen molar-refractivity contribution in [2.24, 2.45) is 5.92 Å². The van der Waals surface area contributed by atoms with Crippen LogP contribution in [-0.2, 0) is 11.3 Å². The largest absolute Gasteiger partial charge is 0.381 e. The van der Waals surface area contributed by atoms with Crippen LogP contribution in [0.15, 0.2) is 18.2 Å².